The summed E-state index contributed by atoms with van der Waals surface area (Å²) in [6, 6.07) is 9.56. The zero-order valence-electron chi connectivity index (χ0n) is 9.06. The Morgan fingerprint density at radius 2 is 2.12 bits per heavy atom. The van der Waals surface area contributed by atoms with Gasteiger partial charge in [0.1, 0.15) is 6.61 Å². The third-order valence-corrected chi connectivity index (χ3v) is 2.63. The van der Waals surface area contributed by atoms with Gasteiger partial charge in [0, 0.05) is 0 Å². The Kier molecular flexibility index (Phi) is 3.41. The van der Waals surface area contributed by atoms with Gasteiger partial charge in [-0.3, -0.25) is 0 Å². The average molecular weight is 220 g/mol. The molecule has 0 radical (unpaired) electrons. The second-order valence-electron chi connectivity index (χ2n) is 4.07. The number of carbonyl (C=O) groups excluding carboxylic acids is 1. The molecule has 1 aliphatic carbocycles. The number of alkyl carbamates (subject to hydrolysis) is 1. The first-order valence-corrected chi connectivity index (χ1v) is 5.48. The van der Waals surface area contributed by atoms with Gasteiger partial charge in [0.2, 0.25) is 0 Å². The van der Waals surface area contributed by atoms with E-state index in [1.54, 1.807) is 0 Å². The summed E-state index contributed by atoms with van der Waals surface area (Å²) in [5.74, 6) is 0.435. The summed E-state index contributed by atoms with van der Waals surface area (Å²) in [4.78, 5) is 11.3. The number of benzene rings is 1. The smallest absolute Gasteiger partial charge is 0.408 e. The third kappa shape index (κ3) is 3.24. The monoisotopic (exact) mass is 220 g/mol. The molecular formula is C12H16N2O2. The Hall–Kier alpha value is -1.55. The van der Waals surface area contributed by atoms with Crippen molar-refractivity contribution in [2.24, 2.45) is 11.7 Å². The molecule has 2 rings (SSSR count). The zero-order valence-corrected chi connectivity index (χ0v) is 9.06. The lowest BCUT2D eigenvalue weighted by atomic mass is 10.2. The second kappa shape index (κ2) is 4.99. The van der Waals surface area contributed by atoms with Crippen LogP contribution in [-0.2, 0) is 11.3 Å². The van der Waals surface area contributed by atoms with Gasteiger partial charge in [-0.2, -0.15) is 0 Å². The molecule has 1 atom stereocenters. The van der Waals surface area contributed by atoms with Crippen LogP contribution in [0, 0.1) is 5.92 Å². The fourth-order valence-corrected chi connectivity index (χ4v) is 1.47. The van der Waals surface area contributed by atoms with E-state index in [2.05, 4.69) is 5.32 Å². The van der Waals surface area contributed by atoms with Crippen molar-refractivity contribution in [3.05, 3.63) is 35.9 Å². The highest BCUT2D eigenvalue weighted by atomic mass is 16.5. The quantitative estimate of drug-likeness (QED) is 0.758. The number of nitrogens with two attached hydrogens (primary N) is 1. The van der Waals surface area contributed by atoms with Crippen LogP contribution in [0.3, 0.4) is 0 Å². The van der Waals surface area contributed by atoms with Crippen molar-refractivity contribution in [3.8, 4) is 0 Å². The van der Waals surface area contributed by atoms with E-state index in [-0.39, 0.29) is 12.8 Å². The maximum atomic E-state index is 11.3. The molecule has 0 spiro atoms. The van der Waals surface area contributed by atoms with E-state index in [4.69, 9.17) is 10.5 Å². The molecule has 4 nitrogen and oxygen atoms in total. The first-order chi connectivity index (χ1) is 7.75. The minimum Gasteiger partial charge on any atom is -0.445 e. The van der Waals surface area contributed by atoms with Crippen LogP contribution in [0.5, 0.6) is 0 Å². The lowest BCUT2D eigenvalue weighted by Crippen LogP contribution is -2.43. The lowest BCUT2D eigenvalue weighted by Gasteiger charge is -2.12. The summed E-state index contributed by atoms with van der Waals surface area (Å²) < 4.78 is 5.05. The minimum atomic E-state index is -0.441. The topological polar surface area (TPSA) is 64.3 Å². The molecule has 1 aromatic carbocycles. The van der Waals surface area contributed by atoms with Gasteiger partial charge in [0.15, 0.2) is 0 Å². The van der Waals surface area contributed by atoms with Crippen molar-refractivity contribution in [3.63, 3.8) is 0 Å². The Morgan fingerprint density at radius 3 is 2.75 bits per heavy atom. The SMILES string of the molecule is NC(NC(=O)OCc1ccccc1)C1CC1. The van der Waals surface area contributed by atoms with Crippen LogP contribution >= 0.6 is 0 Å². The molecular weight excluding hydrogens is 204 g/mol. The Morgan fingerprint density at radius 1 is 1.44 bits per heavy atom. The maximum Gasteiger partial charge on any atom is 0.408 e. The molecule has 0 aromatic heterocycles. The van der Waals surface area contributed by atoms with Crippen molar-refractivity contribution >= 4 is 6.09 Å². The van der Waals surface area contributed by atoms with E-state index in [9.17, 15) is 4.79 Å². The summed E-state index contributed by atoms with van der Waals surface area (Å²) in [6.45, 7) is 0.282. The van der Waals surface area contributed by atoms with Crippen LogP contribution in [-0.4, -0.2) is 12.3 Å². The lowest BCUT2D eigenvalue weighted by molar-refractivity contribution is 0.134. The van der Waals surface area contributed by atoms with Crippen molar-refractivity contribution < 1.29 is 9.53 Å². The van der Waals surface area contributed by atoms with E-state index in [0.717, 1.165) is 18.4 Å². The van der Waals surface area contributed by atoms with Gasteiger partial charge in [0.05, 0.1) is 6.17 Å². The second-order valence-corrected chi connectivity index (χ2v) is 4.07. The van der Waals surface area contributed by atoms with E-state index >= 15 is 0 Å². The number of rotatable bonds is 4. The average Bonchev–Trinajstić information content (AvgIpc) is 3.11. The number of hydrogen-bond acceptors (Lipinski definition) is 3. The number of ether oxygens (including phenoxy) is 1. The molecule has 4 heteroatoms. The van der Waals surface area contributed by atoms with Crippen LogP contribution in [0.25, 0.3) is 0 Å². The predicted molar refractivity (Wildman–Crippen MR) is 60.5 cm³/mol. The summed E-state index contributed by atoms with van der Waals surface area (Å²) >= 11 is 0. The van der Waals surface area contributed by atoms with Gasteiger partial charge in [0.25, 0.3) is 0 Å². The molecule has 1 saturated carbocycles. The summed E-state index contributed by atoms with van der Waals surface area (Å²) in [5, 5.41) is 2.63. The number of amides is 1. The largest absolute Gasteiger partial charge is 0.445 e. The van der Waals surface area contributed by atoms with E-state index in [0.29, 0.717) is 5.92 Å². The summed E-state index contributed by atoms with van der Waals surface area (Å²) in [5.41, 5.74) is 6.71. The standard InChI is InChI=1S/C12H16N2O2/c13-11(10-6-7-10)14-12(15)16-8-9-4-2-1-3-5-9/h1-5,10-11H,6-8,13H2,(H,14,15). The fraction of sp³-hybridized carbons (Fsp3) is 0.417. The number of hydrogen-bond donors (Lipinski definition) is 2. The maximum absolute atomic E-state index is 11.3. The highest BCUT2D eigenvalue weighted by Gasteiger charge is 2.29. The fourth-order valence-electron chi connectivity index (χ4n) is 1.47. The molecule has 1 amide bonds. The highest BCUT2D eigenvalue weighted by molar-refractivity contribution is 5.67. The van der Waals surface area contributed by atoms with E-state index in [1.807, 2.05) is 30.3 Å². The van der Waals surface area contributed by atoms with Crippen LogP contribution in [0.1, 0.15) is 18.4 Å². The van der Waals surface area contributed by atoms with Crippen molar-refractivity contribution in [1.29, 1.82) is 0 Å². The predicted octanol–water partition coefficient (Wildman–Crippen LogP) is 1.61. The van der Waals surface area contributed by atoms with Crippen LogP contribution in [0.2, 0.25) is 0 Å². The molecule has 1 aromatic rings. The molecule has 0 saturated heterocycles. The van der Waals surface area contributed by atoms with E-state index in [1.165, 1.54) is 0 Å². The molecule has 0 bridgehead atoms. The Labute approximate surface area is 94.8 Å². The van der Waals surface area contributed by atoms with Crippen molar-refractivity contribution in [1.82, 2.24) is 5.32 Å². The van der Waals surface area contributed by atoms with Crippen LogP contribution in [0.15, 0.2) is 30.3 Å². The molecule has 0 heterocycles. The number of nitrogens with one attached hydrogen (secondary N) is 1. The summed E-state index contributed by atoms with van der Waals surface area (Å²) in [6.07, 6.45) is 1.49. The molecule has 16 heavy (non-hydrogen) atoms. The normalized spacial score (nSPS) is 16.6. The molecule has 1 fully saturated rings. The molecule has 86 valence electrons. The van der Waals surface area contributed by atoms with Gasteiger partial charge in [-0.15, -0.1) is 0 Å². The Balaban J connectivity index is 1.71. The molecule has 3 N–H and O–H groups in total. The minimum absolute atomic E-state index is 0.261. The molecule has 1 aliphatic rings. The molecule has 0 aliphatic heterocycles. The summed E-state index contributed by atoms with van der Waals surface area (Å²) in [7, 11) is 0. The van der Waals surface area contributed by atoms with Gasteiger partial charge >= 0.3 is 6.09 Å². The van der Waals surface area contributed by atoms with Gasteiger partial charge < -0.3 is 15.8 Å². The van der Waals surface area contributed by atoms with Crippen molar-refractivity contribution in [2.75, 3.05) is 0 Å². The molecule has 1 unspecified atom stereocenters. The van der Waals surface area contributed by atoms with Gasteiger partial charge in [-0.1, -0.05) is 30.3 Å². The van der Waals surface area contributed by atoms with Crippen molar-refractivity contribution in [2.45, 2.75) is 25.6 Å². The first-order valence-electron chi connectivity index (χ1n) is 5.48. The van der Waals surface area contributed by atoms with Gasteiger partial charge in [-0.05, 0) is 24.3 Å². The Bertz CT molecular complexity index is 349. The van der Waals surface area contributed by atoms with Crippen LogP contribution in [0.4, 0.5) is 4.79 Å². The van der Waals surface area contributed by atoms with E-state index < -0.39 is 6.09 Å². The van der Waals surface area contributed by atoms with Crippen LogP contribution < -0.4 is 11.1 Å². The van der Waals surface area contributed by atoms with Gasteiger partial charge in [-0.25, -0.2) is 4.79 Å². The number of carbonyl (C=O) groups is 1. The first kappa shape index (κ1) is 11.0. The highest BCUT2D eigenvalue weighted by Crippen LogP contribution is 2.30. The third-order valence-electron chi connectivity index (χ3n) is 2.63. The zero-order chi connectivity index (χ0) is 11.4.